The molecule has 2 aromatic rings. The van der Waals surface area contributed by atoms with E-state index in [-0.39, 0.29) is 17.7 Å². The number of nitrogen functional groups attached to an aromatic ring is 1. The molecule has 1 saturated heterocycles. The van der Waals surface area contributed by atoms with Crippen LogP contribution in [0.1, 0.15) is 41.2 Å². The van der Waals surface area contributed by atoms with E-state index in [1.54, 1.807) is 0 Å². The molecule has 0 spiro atoms. The van der Waals surface area contributed by atoms with E-state index in [2.05, 4.69) is 23.0 Å². The van der Waals surface area contributed by atoms with Crippen LogP contribution in [0.25, 0.3) is 0 Å². The van der Waals surface area contributed by atoms with Gasteiger partial charge in [0.05, 0.1) is 0 Å². The van der Waals surface area contributed by atoms with Crippen molar-refractivity contribution in [1.29, 1.82) is 0 Å². The number of carboxylic acid groups (broad SMARTS) is 2. The lowest BCUT2D eigenvalue weighted by molar-refractivity contribution is -0.153. The smallest absolute Gasteiger partial charge is 0.340 e. The number of aliphatic carboxylic acids is 1. The summed E-state index contributed by atoms with van der Waals surface area (Å²) in [4.78, 5) is 27.3. The molecule has 10 heteroatoms. The van der Waals surface area contributed by atoms with E-state index in [9.17, 15) is 14.7 Å². The van der Waals surface area contributed by atoms with Gasteiger partial charge in [0.2, 0.25) is 0 Å². The number of hydrogen-bond acceptors (Lipinski definition) is 8. The number of anilines is 1. The molecule has 0 radical (unpaired) electrons. The Balaban J connectivity index is 0.000000181. The lowest BCUT2D eigenvalue weighted by Crippen LogP contribution is -2.37. The van der Waals surface area contributed by atoms with Crippen molar-refractivity contribution >= 4 is 17.6 Å². The number of nitrogens with zero attached hydrogens (tertiary/aromatic N) is 2. The summed E-state index contributed by atoms with van der Waals surface area (Å²) in [5, 5.41) is 35.2. The van der Waals surface area contributed by atoms with E-state index in [0.717, 1.165) is 0 Å². The number of rotatable bonds is 3. The van der Waals surface area contributed by atoms with Gasteiger partial charge in [0.15, 0.2) is 5.60 Å². The van der Waals surface area contributed by atoms with Gasteiger partial charge in [0, 0.05) is 42.3 Å². The second kappa shape index (κ2) is 11.8. The highest BCUT2D eigenvalue weighted by molar-refractivity contribution is 5.91. The lowest BCUT2D eigenvalue weighted by Gasteiger charge is -2.20. The second-order valence-electron chi connectivity index (χ2n) is 7.98. The molecule has 4 rings (SSSR count). The first-order valence-electron chi connectivity index (χ1n) is 10.6. The molecule has 8 N–H and O–H groups in total. The summed E-state index contributed by atoms with van der Waals surface area (Å²) in [7, 11) is 2.19. The predicted octanol–water partition coefficient (Wildman–Crippen LogP) is 2.13. The Morgan fingerprint density at radius 3 is 2.41 bits per heavy atom. The van der Waals surface area contributed by atoms with E-state index >= 15 is 0 Å². The lowest BCUT2D eigenvalue weighted by atomic mass is 9.95. The summed E-state index contributed by atoms with van der Waals surface area (Å²) in [5.41, 5.74) is 10.9. The first-order valence-corrected chi connectivity index (χ1v) is 10.6. The summed E-state index contributed by atoms with van der Waals surface area (Å²) in [6.45, 7) is 1.22. The van der Waals surface area contributed by atoms with Crippen molar-refractivity contribution in [3.8, 4) is 5.75 Å². The minimum atomic E-state index is -1.76. The topological polar surface area (TPSA) is 183 Å². The largest absolute Gasteiger partial charge is 0.507 e. The number of aromatic hydroxyl groups is 1. The van der Waals surface area contributed by atoms with Crippen molar-refractivity contribution < 1.29 is 30.0 Å². The Morgan fingerprint density at radius 1 is 1.21 bits per heavy atom. The van der Waals surface area contributed by atoms with Crippen LogP contribution in [0.2, 0.25) is 0 Å². The van der Waals surface area contributed by atoms with Crippen molar-refractivity contribution in [3.63, 3.8) is 0 Å². The van der Waals surface area contributed by atoms with Gasteiger partial charge in [-0.05, 0) is 62.3 Å². The number of pyridine rings is 1. The average Bonchev–Trinajstić information content (AvgIpc) is 3.23. The highest BCUT2D eigenvalue weighted by Crippen LogP contribution is 2.29. The number of hydrogen-bond donors (Lipinski definition) is 6. The number of allylic oxidation sites excluding steroid dienone is 1. The monoisotopic (exact) mass is 470 g/mol. The van der Waals surface area contributed by atoms with E-state index in [0.29, 0.717) is 17.4 Å². The fourth-order valence-electron chi connectivity index (χ4n) is 3.44. The quantitative estimate of drug-likeness (QED) is 0.363. The summed E-state index contributed by atoms with van der Waals surface area (Å²) in [6.07, 6.45) is 10.5. The standard InChI is InChI=1S/C10H14N2.C7H9NO3.C7H7NO3/c1-12-7-3-5-10(12)9-4-2-6-11-8-9;8-5-1-3-7(11,4-2-5)6(9)10;8-4-1-2-5(7(10)11)6(9)3-4/h2,4,6,8,10H,3,5,7H2,1H3;1-3,11H,4,8H2,(H,9,10);1-3,9H,8H2,(H,10,11). The van der Waals surface area contributed by atoms with Crippen molar-refractivity contribution in [3.05, 3.63) is 77.8 Å². The van der Waals surface area contributed by atoms with E-state index in [1.807, 2.05) is 18.5 Å². The maximum absolute atomic E-state index is 10.4. The number of nitrogens with two attached hydrogens (primary N) is 2. The minimum Gasteiger partial charge on any atom is -0.507 e. The molecule has 0 bridgehead atoms. The molecule has 34 heavy (non-hydrogen) atoms. The van der Waals surface area contributed by atoms with Gasteiger partial charge in [-0.15, -0.1) is 0 Å². The molecular weight excluding hydrogens is 440 g/mol. The number of aromatic nitrogens is 1. The van der Waals surface area contributed by atoms with Gasteiger partial charge in [-0.1, -0.05) is 12.1 Å². The van der Waals surface area contributed by atoms with E-state index < -0.39 is 17.5 Å². The Hall–Kier alpha value is -3.89. The van der Waals surface area contributed by atoms with Crippen LogP contribution < -0.4 is 11.5 Å². The van der Waals surface area contributed by atoms with Crippen molar-refractivity contribution in [2.75, 3.05) is 19.3 Å². The fraction of sp³-hybridized carbons (Fsp3) is 0.292. The third-order valence-corrected chi connectivity index (χ3v) is 5.41. The van der Waals surface area contributed by atoms with Gasteiger partial charge in [0.25, 0.3) is 0 Å². The van der Waals surface area contributed by atoms with Crippen LogP contribution in [0.4, 0.5) is 5.69 Å². The molecule has 0 saturated carbocycles. The molecule has 2 unspecified atom stereocenters. The third-order valence-electron chi connectivity index (χ3n) is 5.41. The second-order valence-corrected chi connectivity index (χ2v) is 7.98. The molecule has 182 valence electrons. The third kappa shape index (κ3) is 7.32. The molecule has 1 aromatic carbocycles. The maximum atomic E-state index is 10.4. The van der Waals surface area contributed by atoms with Crippen LogP contribution in [0.5, 0.6) is 5.75 Å². The van der Waals surface area contributed by atoms with Crippen molar-refractivity contribution in [2.45, 2.75) is 30.9 Å². The highest BCUT2D eigenvalue weighted by atomic mass is 16.4. The Bertz CT molecular complexity index is 1060. The fourth-order valence-corrected chi connectivity index (χ4v) is 3.44. The van der Waals surface area contributed by atoms with E-state index in [1.165, 1.54) is 61.4 Å². The molecule has 1 aromatic heterocycles. The number of carboxylic acids is 2. The van der Waals surface area contributed by atoms with Gasteiger partial charge >= 0.3 is 11.9 Å². The Kier molecular flexibility index (Phi) is 9.17. The van der Waals surface area contributed by atoms with Crippen molar-refractivity contribution in [1.82, 2.24) is 9.88 Å². The van der Waals surface area contributed by atoms with Crippen molar-refractivity contribution in [2.24, 2.45) is 5.73 Å². The van der Waals surface area contributed by atoms with Gasteiger partial charge in [0.1, 0.15) is 11.3 Å². The molecule has 0 amide bonds. The van der Waals surface area contributed by atoms with Gasteiger partial charge in [-0.25, -0.2) is 9.59 Å². The first-order chi connectivity index (χ1) is 16.0. The van der Waals surface area contributed by atoms with Crippen LogP contribution in [-0.2, 0) is 4.79 Å². The maximum Gasteiger partial charge on any atom is 0.340 e. The number of benzene rings is 1. The molecule has 1 fully saturated rings. The Morgan fingerprint density at radius 2 is 1.94 bits per heavy atom. The zero-order valence-electron chi connectivity index (χ0n) is 18.8. The number of likely N-dealkylation sites (tertiary alicyclic amines) is 1. The zero-order valence-corrected chi connectivity index (χ0v) is 18.8. The molecule has 2 atom stereocenters. The van der Waals surface area contributed by atoms with Crippen LogP contribution in [0, 0.1) is 0 Å². The minimum absolute atomic E-state index is 0.0324. The van der Waals surface area contributed by atoms with Crippen LogP contribution in [-0.4, -0.2) is 61.4 Å². The summed E-state index contributed by atoms with van der Waals surface area (Å²) >= 11 is 0. The molecule has 10 nitrogen and oxygen atoms in total. The van der Waals surface area contributed by atoms with Gasteiger partial charge < -0.3 is 31.9 Å². The molecule has 1 aliphatic carbocycles. The molecule has 1 aliphatic heterocycles. The molecule has 2 heterocycles. The first kappa shape index (κ1) is 26.4. The Labute approximate surface area is 197 Å². The summed E-state index contributed by atoms with van der Waals surface area (Å²) in [5.74, 6) is -2.72. The number of phenols is 1. The van der Waals surface area contributed by atoms with Gasteiger partial charge in [-0.3, -0.25) is 9.88 Å². The SMILES string of the molecule is CN1CCCC1c1cccnc1.NC1=CCC(O)(C(=O)O)C=C1.Nc1ccc(C(=O)O)c(O)c1. The zero-order chi connectivity index (χ0) is 25.3. The summed E-state index contributed by atoms with van der Waals surface area (Å²) in [6, 6.07) is 8.67. The van der Waals surface area contributed by atoms with Crippen LogP contribution in [0.15, 0.2) is 66.7 Å². The average molecular weight is 471 g/mol. The van der Waals surface area contributed by atoms with Crippen LogP contribution in [0.3, 0.4) is 0 Å². The molecular formula is C24H30N4O6. The predicted molar refractivity (Wildman–Crippen MR) is 127 cm³/mol. The molecule has 2 aliphatic rings. The summed E-state index contributed by atoms with van der Waals surface area (Å²) < 4.78 is 0. The van der Waals surface area contributed by atoms with E-state index in [4.69, 9.17) is 26.8 Å². The van der Waals surface area contributed by atoms with Crippen LogP contribution >= 0.6 is 0 Å². The number of aliphatic hydroxyl groups is 1. The number of carbonyl (C=O) groups is 2. The normalized spacial score (nSPS) is 21.4. The van der Waals surface area contributed by atoms with Gasteiger partial charge in [-0.2, -0.15) is 0 Å². The highest BCUT2D eigenvalue weighted by Gasteiger charge is 2.33. The number of aromatic carboxylic acids is 1.